The maximum Gasteiger partial charge on any atom is 0.274 e. The minimum Gasteiger partial charge on any atom is -0.378 e. The van der Waals surface area contributed by atoms with Crippen LogP contribution < -0.4 is 15.5 Å². The Balaban J connectivity index is 1.51. The van der Waals surface area contributed by atoms with Crippen LogP contribution in [0.4, 0.5) is 27.4 Å². The van der Waals surface area contributed by atoms with Crippen molar-refractivity contribution in [3.8, 4) is 0 Å². The molecule has 1 saturated heterocycles. The van der Waals surface area contributed by atoms with Crippen molar-refractivity contribution in [2.45, 2.75) is 0 Å². The number of carbonyl (C=O) groups is 1. The highest BCUT2D eigenvalue weighted by Gasteiger charge is 2.17. The topological polar surface area (TPSA) is 79.4 Å². The summed E-state index contributed by atoms with van der Waals surface area (Å²) in [7, 11) is 0. The van der Waals surface area contributed by atoms with Crippen LogP contribution in [0.2, 0.25) is 0 Å². The normalized spacial score (nSPS) is 13.8. The van der Waals surface area contributed by atoms with E-state index in [1.54, 1.807) is 12.1 Å². The number of amides is 1. The average Bonchev–Trinajstić information content (AvgIpc) is 2.75. The first kappa shape index (κ1) is 18.8. The molecule has 29 heavy (non-hydrogen) atoms. The quantitative estimate of drug-likeness (QED) is 0.691. The number of anilines is 4. The summed E-state index contributed by atoms with van der Waals surface area (Å²) in [4.78, 5) is 23.3. The number of nitrogens with one attached hydrogen (secondary N) is 2. The Morgan fingerprint density at radius 3 is 2.72 bits per heavy atom. The summed E-state index contributed by atoms with van der Waals surface area (Å²) in [6.07, 6.45) is 1.48. The van der Waals surface area contributed by atoms with Crippen LogP contribution in [0.5, 0.6) is 0 Å². The fourth-order valence-electron chi connectivity index (χ4n) is 3.09. The molecule has 1 fully saturated rings. The number of rotatable bonds is 5. The second-order valence-electron chi connectivity index (χ2n) is 6.47. The third kappa shape index (κ3) is 4.67. The van der Waals surface area contributed by atoms with Crippen molar-refractivity contribution in [1.29, 1.82) is 0 Å². The van der Waals surface area contributed by atoms with Gasteiger partial charge in [-0.1, -0.05) is 18.2 Å². The summed E-state index contributed by atoms with van der Waals surface area (Å²) >= 11 is 0. The highest BCUT2D eigenvalue weighted by atomic mass is 19.1. The molecule has 3 aromatic rings. The first-order chi connectivity index (χ1) is 14.2. The maximum absolute atomic E-state index is 13.4. The van der Waals surface area contributed by atoms with Gasteiger partial charge in [0.2, 0.25) is 5.95 Å². The van der Waals surface area contributed by atoms with E-state index in [4.69, 9.17) is 4.74 Å². The molecule has 7 nitrogen and oxygen atoms in total. The number of ether oxygens (including phenoxy) is 1. The molecule has 0 atom stereocenters. The summed E-state index contributed by atoms with van der Waals surface area (Å²) in [6.45, 7) is 2.84. The molecule has 2 heterocycles. The van der Waals surface area contributed by atoms with Crippen LogP contribution in [0, 0.1) is 5.82 Å². The lowest BCUT2D eigenvalue weighted by molar-refractivity contribution is 0.102. The van der Waals surface area contributed by atoms with E-state index < -0.39 is 0 Å². The van der Waals surface area contributed by atoms with E-state index in [1.165, 1.54) is 24.4 Å². The summed E-state index contributed by atoms with van der Waals surface area (Å²) in [6, 6.07) is 15.1. The second kappa shape index (κ2) is 8.66. The zero-order chi connectivity index (χ0) is 20.1. The van der Waals surface area contributed by atoms with Gasteiger partial charge >= 0.3 is 0 Å². The minimum atomic E-state index is -0.372. The van der Waals surface area contributed by atoms with Crippen molar-refractivity contribution < 1.29 is 13.9 Å². The van der Waals surface area contributed by atoms with Gasteiger partial charge in [0.25, 0.3) is 5.91 Å². The fraction of sp³-hybridized carbons (Fsp3) is 0.190. The van der Waals surface area contributed by atoms with Gasteiger partial charge in [0.05, 0.1) is 24.6 Å². The van der Waals surface area contributed by atoms with Crippen LogP contribution >= 0.6 is 0 Å². The van der Waals surface area contributed by atoms with Crippen molar-refractivity contribution in [2.75, 3.05) is 41.8 Å². The third-order valence-corrected chi connectivity index (χ3v) is 4.47. The standard InChI is InChI=1S/C21H20FN5O2/c22-15-4-3-5-16(14-15)24-21-23-9-8-18(26-21)20(28)25-17-6-1-2-7-19(17)27-10-12-29-13-11-27/h1-9,14H,10-13H2,(H,25,28)(H,23,24,26). The van der Waals surface area contributed by atoms with Crippen molar-refractivity contribution in [3.63, 3.8) is 0 Å². The van der Waals surface area contributed by atoms with E-state index >= 15 is 0 Å². The number of benzene rings is 2. The van der Waals surface area contributed by atoms with E-state index in [1.807, 2.05) is 24.3 Å². The van der Waals surface area contributed by atoms with E-state index in [0.717, 1.165) is 18.8 Å². The summed E-state index contributed by atoms with van der Waals surface area (Å²) in [5, 5.41) is 5.83. The number of morpholine rings is 1. The van der Waals surface area contributed by atoms with Gasteiger partial charge in [-0.15, -0.1) is 0 Å². The maximum atomic E-state index is 13.4. The summed E-state index contributed by atoms with van der Waals surface area (Å²) in [5.74, 6) is -0.510. The van der Waals surface area contributed by atoms with Gasteiger partial charge in [-0.05, 0) is 36.4 Å². The molecular weight excluding hydrogens is 373 g/mol. The largest absolute Gasteiger partial charge is 0.378 e. The number of nitrogens with zero attached hydrogens (tertiary/aromatic N) is 3. The minimum absolute atomic E-state index is 0.204. The molecule has 2 aromatic carbocycles. The zero-order valence-electron chi connectivity index (χ0n) is 15.6. The van der Waals surface area contributed by atoms with E-state index in [-0.39, 0.29) is 23.4 Å². The molecule has 1 amide bonds. The smallest absolute Gasteiger partial charge is 0.274 e. The molecular formula is C21H20FN5O2. The molecule has 0 saturated carbocycles. The van der Waals surface area contributed by atoms with Crippen molar-refractivity contribution in [2.24, 2.45) is 0 Å². The number of carbonyl (C=O) groups excluding carboxylic acids is 1. The first-order valence-corrected chi connectivity index (χ1v) is 9.28. The molecule has 2 N–H and O–H groups in total. The van der Waals surface area contributed by atoms with E-state index in [0.29, 0.717) is 24.6 Å². The Kier molecular flexibility index (Phi) is 5.62. The molecule has 148 valence electrons. The number of hydrogen-bond acceptors (Lipinski definition) is 6. The number of aromatic nitrogens is 2. The molecule has 4 rings (SSSR count). The number of halogens is 1. The van der Waals surface area contributed by atoms with Crippen LogP contribution in [0.25, 0.3) is 0 Å². The Morgan fingerprint density at radius 2 is 1.90 bits per heavy atom. The highest BCUT2D eigenvalue weighted by Crippen LogP contribution is 2.26. The Hall–Kier alpha value is -3.52. The van der Waals surface area contributed by atoms with Gasteiger partial charge in [0.1, 0.15) is 11.5 Å². The van der Waals surface area contributed by atoms with Crippen LogP contribution in [0.1, 0.15) is 10.5 Å². The molecule has 0 bridgehead atoms. The lowest BCUT2D eigenvalue weighted by Gasteiger charge is -2.30. The molecule has 1 aliphatic heterocycles. The second-order valence-corrected chi connectivity index (χ2v) is 6.47. The van der Waals surface area contributed by atoms with Gasteiger partial charge in [0, 0.05) is 25.0 Å². The predicted molar refractivity (Wildman–Crippen MR) is 109 cm³/mol. The summed E-state index contributed by atoms with van der Waals surface area (Å²) < 4.78 is 18.8. The number of para-hydroxylation sites is 2. The van der Waals surface area contributed by atoms with Crippen LogP contribution in [0.3, 0.4) is 0 Å². The number of hydrogen-bond donors (Lipinski definition) is 2. The molecule has 1 aliphatic rings. The van der Waals surface area contributed by atoms with Gasteiger partial charge in [0.15, 0.2) is 0 Å². The zero-order valence-corrected chi connectivity index (χ0v) is 15.6. The SMILES string of the molecule is O=C(Nc1ccccc1N1CCOCC1)c1ccnc(Nc2cccc(F)c2)n1. The lowest BCUT2D eigenvalue weighted by atomic mass is 10.2. The molecule has 0 spiro atoms. The van der Waals surface area contributed by atoms with Crippen LogP contribution in [0.15, 0.2) is 60.8 Å². The fourth-order valence-corrected chi connectivity index (χ4v) is 3.09. The van der Waals surface area contributed by atoms with Crippen LogP contribution in [-0.4, -0.2) is 42.2 Å². The lowest BCUT2D eigenvalue weighted by Crippen LogP contribution is -2.36. The molecule has 8 heteroatoms. The van der Waals surface area contributed by atoms with E-state index in [2.05, 4.69) is 25.5 Å². The molecule has 0 unspecified atom stereocenters. The Bertz CT molecular complexity index is 1010. The molecule has 0 aliphatic carbocycles. The third-order valence-electron chi connectivity index (χ3n) is 4.47. The van der Waals surface area contributed by atoms with Crippen LogP contribution in [-0.2, 0) is 4.74 Å². The van der Waals surface area contributed by atoms with E-state index in [9.17, 15) is 9.18 Å². The Morgan fingerprint density at radius 1 is 1.07 bits per heavy atom. The molecule has 1 aromatic heterocycles. The van der Waals surface area contributed by atoms with Gasteiger partial charge in [-0.3, -0.25) is 4.79 Å². The monoisotopic (exact) mass is 393 g/mol. The highest BCUT2D eigenvalue weighted by molar-refractivity contribution is 6.04. The molecule has 0 radical (unpaired) electrons. The van der Waals surface area contributed by atoms with Crippen molar-refractivity contribution in [1.82, 2.24) is 9.97 Å². The van der Waals surface area contributed by atoms with Crippen molar-refractivity contribution >= 4 is 28.9 Å². The first-order valence-electron chi connectivity index (χ1n) is 9.28. The van der Waals surface area contributed by atoms with Crippen molar-refractivity contribution in [3.05, 3.63) is 72.3 Å². The van der Waals surface area contributed by atoms with Gasteiger partial charge in [-0.25, -0.2) is 14.4 Å². The summed E-state index contributed by atoms with van der Waals surface area (Å²) in [5.41, 5.74) is 2.35. The average molecular weight is 393 g/mol. The Labute approximate surface area is 167 Å². The predicted octanol–water partition coefficient (Wildman–Crippen LogP) is 3.45. The van der Waals surface area contributed by atoms with Gasteiger partial charge < -0.3 is 20.3 Å². The van der Waals surface area contributed by atoms with Gasteiger partial charge in [-0.2, -0.15) is 0 Å².